The van der Waals surface area contributed by atoms with Crippen LogP contribution >= 0.6 is 0 Å². The summed E-state index contributed by atoms with van der Waals surface area (Å²) in [5.41, 5.74) is 0.995. The van der Waals surface area contributed by atoms with Crippen molar-refractivity contribution in [3.63, 3.8) is 0 Å². The number of benzene rings is 1. The van der Waals surface area contributed by atoms with E-state index >= 15 is 0 Å². The molecule has 2 aromatic rings. The van der Waals surface area contributed by atoms with E-state index in [9.17, 15) is 0 Å². The fourth-order valence-corrected chi connectivity index (χ4v) is 2.30. The summed E-state index contributed by atoms with van der Waals surface area (Å²) in [4.78, 5) is 15.2. The van der Waals surface area contributed by atoms with Crippen molar-refractivity contribution < 1.29 is 4.74 Å². The van der Waals surface area contributed by atoms with Gasteiger partial charge in [0, 0.05) is 18.9 Å². The molecule has 5 nitrogen and oxygen atoms in total. The number of ether oxygens (including phenoxy) is 1. The second-order valence-electron chi connectivity index (χ2n) is 4.14. The summed E-state index contributed by atoms with van der Waals surface area (Å²) in [6.45, 7) is 1.60. The molecule has 0 bridgehead atoms. The van der Waals surface area contributed by atoms with Gasteiger partial charge in [-0.2, -0.15) is 0 Å². The predicted octanol–water partition coefficient (Wildman–Crippen LogP) is 1.85. The molecule has 1 aromatic heterocycles. The quantitative estimate of drug-likeness (QED) is 0.702. The number of nitrogens with zero attached hydrogens (tertiary/aromatic N) is 4. The maximum Gasteiger partial charge on any atom is 0.263 e. The molecule has 0 atom stereocenters. The highest BCUT2D eigenvalue weighted by atomic mass is 16.5. The molecule has 0 spiro atoms. The maximum atomic E-state index is 5.84. The normalized spacial score (nSPS) is 16.0. The lowest BCUT2D eigenvalue weighted by molar-refractivity contribution is 0.463. The zero-order chi connectivity index (χ0) is 11.9. The Balaban J connectivity index is 2.00. The van der Waals surface area contributed by atoms with Gasteiger partial charge in [0.05, 0.1) is 12.1 Å². The van der Waals surface area contributed by atoms with E-state index in [2.05, 4.69) is 19.9 Å². The van der Waals surface area contributed by atoms with Crippen LogP contribution in [0.1, 0.15) is 5.56 Å². The summed E-state index contributed by atoms with van der Waals surface area (Å²) in [5, 5.41) is 0. The van der Waals surface area contributed by atoms with Gasteiger partial charge in [-0.15, -0.1) is 0 Å². The predicted molar refractivity (Wildman–Crippen MR) is 67.3 cm³/mol. The average Bonchev–Trinajstić information content (AvgIpc) is 2.84. The fraction of sp³-hybridized carbons (Fsp3) is 0.154. The zero-order valence-corrected chi connectivity index (χ0v) is 9.58. The van der Waals surface area contributed by atoms with Gasteiger partial charge >= 0.3 is 0 Å². The monoisotopic (exact) mass is 238 g/mol. The van der Waals surface area contributed by atoms with Crippen molar-refractivity contribution >= 4 is 11.7 Å². The summed E-state index contributed by atoms with van der Waals surface area (Å²) < 4.78 is 5.84. The van der Waals surface area contributed by atoms with Gasteiger partial charge in [-0.3, -0.25) is 4.99 Å². The highest BCUT2D eigenvalue weighted by molar-refractivity contribution is 6.13. The molecule has 0 amide bonds. The van der Waals surface area contributed by atoms with E-state index in [1.807, 2.05) is 24.3 Å². The Labute approximate surface area is 104 Å². The molecule has 2 aliphatic rings. The van der Waals surface area contributed by atoms with Crippen LogP contribution in [0.15, 0.2) is 41.7 Å². The van der Waals surface area contributed by atoms with Crippen LogP contribution in [0.25, 0.3) is 0 Å². The second kappa shape index (κ2) is 3.53. The Kier molecular flexibility index (Phi) is 1.88. The van der Waals surface area contributed by atoms with Crippen LogP contribution < -0.4 is 9.64 Å². The molecule has 0 saturated heterocycles. The lowest BCUT2D eigenvalue weighted by Gasteiger charge is -2.16. The van der Waals surface area contributed by atoms with Crippen molar-refractivity contribution in [3.8, 4) is 11.6 Å². The smallest absolute Gasteiger partial charge is 0.263 e. The number of fused-ring (bicyclic) bond motifs is 5. The third-order valence-electron chi connectivity index (χ3n) is 3.08. The molecule has 1 aromatic carbocycles. The molecule has 88 valence electrons. The van der Waals surface area contributed by atoms with Crippen molar-refractivity contribution in [3.05, 3.63) is 42.2 Å². The van der Waals surface area contributed by atoms with Gasteiger partial charge in [0.1, 0.15) is 11.6 Å². The molecule has 4 rings (SSSR count). The van der Waals surface area contributed by atoms with E-state index in [1.54, 1.807) is 12.4 Å². The summed E-state index contributed by atoms with van der Waals surface area (Å²) in [7, 11) is 0. The van der Waals surface area contributed by atoms with Crippen molar-refractivity contribution in [1.29, 1.82) is 0 Å². The van der Waals surface area contributed by atoms with E-state index in [0.717, 1.165) is 36.1 Å². The van der Waals surface area contributed by atoms with Gasteiger partial charge in [-0.1, -0.05) is 12.1 Å². The summed E-state index contributed by atoms with van der Waals surface area (Å²) in [6, 6.07) is 7.87. The van der Waals surface area contributed by atoms with Crippen LogP contribution in [0, 0.1) is 0 Å². The Morgan fingerprint density at radius 1 is 1.11 bits per heavy atom. The van der Waals surface area contributed by atoms with Gasteiger partial charge in [0.25, 0.3) is 5.88 Å². The van der Waals surface area contributed by atoms with Crippen molar-refractivity contribution in [2.45, 2.75) is 0 Å². The van der Waals surface area contributed by atoms with Crippen LogP contribution in [-0.4, -0.2) is 28.9 Å². The molecule has 3 heterocycles. The fourth-order valence-electron chi connectivity index (χ4n) is 2.30. The molecule has 0 N–H and O–H groups in total. The minimum Gasteiger partial charge on any atom is -0.435 e. The largest absolute Gasteiger partial charge is 0.435 e. The molecule has 0 fully saturated rings. The molecular formula is C13H10N4O. The second-order valence-corrected chi connectivity index (χ2v) is 4.14. The first-order chi connectivity index (χ1) is 8.93. The highest BCUT2D eigenvalue weighted by Crippen LogP contribution is 2.36. The van der Waals surface area contributed by atoms with Crippen LogP contribution in [0.4, 0.5) is 5.82 Å². The standard InChI is InChI=1S/C13H10N4O/c1-2-4-10-9(3-1)11-15-7-8-17(11)12-13(18-10)16-6-5-14-12/h1-6H,7-8H2. The first-order valence-corrected chi connectivity index (χ1v) is 5.84. The molecule has 0 saturated carbocycles. The van der Waals surface area contributed by atoms with E-state index in [-0.39, 0.29) is 0 Å². The molecule has 0 radical (unpaired) electrons. The molecule has 0 unspecified atom stereocenters. The topological polar surface area (TPSA) is 50.6 Å². The van der Waals surface area contributed by atoms with Crippen molar-refractivity contribution in [2.75, 3.05) is 18.0 Å². The number of para-hydroxylation sites is 1. The third kappa shape index (κ3) is 1.24. The molecule has 2 aliphatic heterocycles. The van der Waals surface area contributed by atoms with Gasteiger partial charge < -0.3 is 9.64 Å². The lowest BCUT2D eigenvalue weighted by Crippen LogP contribution is -2.28. The summed E-state index contributed by atoms with van der Waals surface area (Å²) in [5.74, 6) is 2.98. The number of aliphatic imine (C=N–C) groups is 1. The average molecular weight is 238 g/mol. The zero-order valence-electron chi connectivity index (χ0n) is 9.58. The number of anilines is 1. The maximum absolute atomic E-state index is 5.84. The lowest BCUT2D eigenvalue weighted by atomic mass is 10.2. The highest BCUT2D eigenvalue weighted by Gasteiger charge is 2.30. The van der Waals surface area contributed by atoms with Crippen LogP contribution in [0.5, 0.6) is 11.6 Å². The Morgan fingerprint density at radius 3 is 3.00 bits per heavy atom. The number of hydrogen-bond acceptors (Lipinski definition) is 5. The van der Waals surface area contributed by atoms with Crippen molar-refractivity contribution in [2.24, 2.45) is 4.99 Å². The first kappa shape index (κ1) is 9.58. The number of hydrogen-bond donors (Lipinski definition) is 0. The molecule has 0 aliphatic carbocycles. The van der Waals surface area contributed by atoms with Crippen molar-refractivity contribution in [1.82, 2.24) is 9.97 Å². The molecule has 18 heavy (non-hydrogen) atoms. The van der Waals surface area contributed by atoms with Crippen LogP contribution in [0.3, 0.4) is 0 Å². The SMILES string of the molecule is c1ccc2c(c1)Oc1nccnc1N1CCN=C21. The summed E-state index contributed by atoms with van der Waals surface area (Å²) in [6.07, 6.45) is 3.31. The number of aromatic nitrogens is 2. The van der Waals surface area contributed by atoms with E-state index < -0.39 is 0 Å². The van der Waals surface area contributed by atoms with Crippen LogP contribution in [-0.2, 0) is 0 Å². The minimum atomic E-state index is 0.539. The number of rotatable bonds is 0. The summed E-state index contributed by atoms with van der Waals surface area (Å²) >= 11 is 0. The van der Waals surface area contributed by atoms with Crippen LogP contribution in [0.2, 0.25) is 0 Å². The molecule has 5 heteroatoms. The first-order valence-electron chi connectivity index (χ1n) is 5.84. The van der Waals surface area contributed by atoms with E-state index in [1.165, 1.54) is 0 Å². The Bertz CT molecular complexity index is 653. The third-order valence-corrected chi connectivity index (χ3v) is 3.08. The Morgan fingerprint density at radius 2 is 2.00 bits per heavy atom. The minimum absolute atomic E-state index is 0.539. The van der Waals surface area contributed by atoms with Gasteiger partial charge in [-0.25, -0.2) is 9.97 Å². The van der Waals surface area contributed by atoms with E-state index in [0.29, 0.717) is 5.88 Å². The number of amidine groups is 1. The van der Waals surface area contributed by atoms with Gasteiger partial charge in [0.2, 0.25) is 0 Å². The van der Waals surface area contributed by atoms with Gasteiger partial charge in [-0.05, 0) is 12.1 Å². The molecular weight excluding hydrogens is 228 g/mol. The van der Waals surface area contributed by atoms with Gasteiger partial charge in [0.15, 0.2) is 5.82 Å². The Hall–Kier alpha value is -2.43. The van der Waals surface area contributed by atoms with E-state index in [4.69, 9.17) is 4.74 Å².